The van der Waals surface area contributed by atoms with Crippen LogP contribution in [0.3, 0.4) is 0 Å². The van der Waals surface area contributed by atoms with Gasteiger partial charge in [-0.15, -0.1) is 0 Å². The van der Waals surface area contributed by atoms with Crippen LogP contribution in [-0.2, 0) is 19.4 Å². The molecule has 0 saturated carbocycles. The summed E-state index contributed by atoms with van der Waals surface area (Å²) in [5.41, 5.74) is 6.33. The Morgan fingerprint density at radius 1 is 0.862 bits per heavy atom. The van der Waals surface area contributed by atoms with Crippen molar-refractivity contribution in [1.29, 1.82) is 0 Å². The van der Waals surface area contributed by atoms with Crippen molar-refractivity contribution >= 4 is 17.3 Å². The molecular weight excluding hydrogens is 356 g/mol. The fourth-order valence-corrected chi connectivity index (χ4v) is 3.36. The first-order chi connectivity index (χ1) is 14.2. The maximum atomic E-state index is 12.7. The van der Waals surface area contributed by atoms with Crippen molar-refractivity contribution in [2.75, 3.05) is 10.6 Å². The van der Waals surface area contributed by atoms with E-state index in [9.17, 15) is 4.79 Å². The minimum atomic E-state index is -0.0814. The molecule has 0 heterocycles. The van der Waals surface area contributed by atoms with Crippen molar-refractivity contribution < 1.29 is 4.79 Å². The molecule has 29 heavy (non-hydrogen) atoms. The maximum absolute atomic E-state index is 12.7. The summed E-state index contributed by atoms with van der Waals surface area (Å²) in [7, 11) is 0. The topological polar surface area (TPSA) is 41.1 Å². The third-order valence-corrected chi connectivity index (χ3v) is 5.10. The Morgan fingerprint density at radius 2 is 1.66 bits per heavy atom. The van der Waals surface area contributed by atoms with Gasteiger partial charge in [0.25, 0.3) is 5.91 Å². The van der Waals surface area contributed by atoms with Gasteiger partial charge >= 0.3 is 0 Å². The van der Waals surface area contributed by atoms with Gasteiger partial charge in [0, 0.05) is 23.5 Å². The van der Waals surface area contributed by atoms with Crippen LogP contribution >= 0.6 is 0 Å². The first-order valence-electron chi connectivity index (χ1n) is 10.5. The van der Waals surface area contributed by atoms with Crippen molar-refractivity contribution in [2.24, 2.45) is 0 Å². The number of anilines is 2. The van der Waals surface area contributed by atoms with Crippen LogP contribution in [0.15, 0.2) is 72.8 Å². The first kappa shape index (κ1) is 20.7. The van der Waals surface area contributed by atoms with Gasteiger partial charge in [-0.25, -0.2) is 0 Å². The zero-order valence-corrected chi connectivity index (χ0v) is 17.4. The van der Waals surface area contributed by atoms with Crippen molar-refractivity contribution in [3.05, 3.63) is 95.1 Å². The second kappa shape index (κ2) is 10.5. The predicted molar refractivity (Wildman–Crippen MR) is 123 cm³/mol. The zero-order chi connectivity index (χ0) is 20.5. The zero-order valence-electron chi connectivity index (χ0n) is 17.4. The first-order valence-corrected chi connectivity index (χ1v) is 10.5. The Morgan fingerprint density at radius 3 is 2.41 bits per heavy atom. The average Bonchev–Trinajstić information content (AvgIpc) is 2.77. The van der Waals surface area contributed by atoms with E-state index >= 15 is 0 Å². The molecule has 3 heteroatoms. The highest BCUT2D eigenvalue weighted by Crippen LogP contribution is 2.18. The van der Waals surface area contributed by atoms with Gasteiger partial charge in [0.2, 0.25) is 0 Å². The summed E-state index contributed by atoms with van der Waals surface area (Å²) in [5, 5.41) is 6.49. The van der Waals surface area contributed by atoms with Crippen molar-refractivity contribution in [1.82, 2.24) is 0 Å². The number of aryl methyl sites for hydroxylation is 2. The van der Waals surface area contributed by atoms with Crippen LogP contribution in [0.1, 0.15) is 53.7 Å². The highest BCUT2D eigenvalue weighted by molar-refractivity contribution is 6.04. The Labute approximate surface area is 174 Å². The van der Waals surface area contributed by atoms with E-state index in [1.165, 1.54) is 24.0 Å². The lowest BCUT2D eigenvalue weighted by atomic mass is 10.1. The number of para-hydroxylation sites is 1. The third-order valence-electron chi connectivity index (χ3n) is 5.10. The molecule has 0 fully saturated rings. The lowest BCUT2D eigenvalue weighted by Gasteiger charge is -2.12. The lowest BCUT2D eigenvalue weighted by molar-refractivity contribution is 0.102. The largest absolute Gasteiger partial charge is 0.381 e. The number of unbranched alkanes of at least 4 members (excludes halogenated alkanes) is 1. The quantitative estimate of drug-likeness (QED) is 0.443. The summed E-state index contributed by atoms with van der Waals surface area (Å²) in [6, 6.07) is 24.3. The predicted octanol–water partition coefficient (Wildman–Crippen LogP) is 6.46. The highest BCUT2D eigenvalue weighted by atomic mass is 16.1. The summed E-state index contributed by atoms with van der Waals surface area (Å²) in [5.74, 6) is -0.0814. The maximum Gasteiger partial charge on any atom is 0.255 e. The summed E-state index contributed by atoms with van der Waals surface area (Å²) in [6.07, 6.45) is 4.45. The molecule has 3 rings (SSSR count). The molecule has 0 spiro atoms. The van der Waals surface area contributed by atoms with Gasteiger partial charge in [-0.05, 0) is 66.3 Å². The van der Waals surface area contributed by atoms with Crippen molar-refractivity contribution in [2.45, 2.75) is 46.1 Å². The molecule has 0 bridgehead atoms. The van der Waals surface area contributed by atoms with E-state index in [1.54, 1.807) is 0 Å². The number of rotatable bonds is 9. The summed E-state index contributed by atoms with van der Waals surface area (Å²) < 4.78 is 0. The van der Waals surface area contributed by atoms with Crippen LogP contribution in [0.5, 0.6) is 0 Å². The molecule has 3 aromatic rings. The van der Waals surface area contributed by atoms with Crippen LogP contribution in [0.4, 0.5) is 11.4 Å². The minimum Gasteiger partial charge on any atom is -0.381 e. The monoisotopic (exact) mass is 386 g/mol. The fourth-order valence-electron chi connectivity index (χ4n) is 3.36. The summed E-state index contributed by atoms with van der Waals surface area (Å²) in [6.45, 7) is 5.03. The van der Waals surface area contributed by atoms with Crippen LogP contribution in [0, 0.1) is 0 Å². The lowest BCUT2D eigenvalue weighted by Crippen LogP contribution is -2.12. The molecule has 0 aromatic heterocycles. The van der Waals surface area contributed by atoms with Crippen molar-refractivity contribution in [3.8, 4) is 0 Å². The van der Waals surface area contributed by atoms with Gasteiger partial charge in [0.1, 0.15) is 0 Å². The summed E-state index contributed by atoms with van der Waals surface area (Å²) in [4.78, 5) is 12.7. The number of amides is 1. The molecule has 0 aliphatic carbocycles. The number of nitrogens with one attached hydrogen (secondary N) is 2. The van der Waals surface area contributed by atoms with Crippen LogP contribution in [-0.4, -0.2) is 5.91 Å². The van der Waals surface area contributed by atoms with Crippen LogP contribution in [0.2, 0.25) is 0 Å². The van der Waals surface area contributed by atoms with E-state index in [0.717, 1.165) is 29.8 Å². The van der Waals surface area contributed by atoms with E-state index in [4.69, 9.17) is 0 Å². The Balaban J connectivity index is 1.61. The van der Waals surface area contributed by atoms with E-state index in [2.05, 4.69) is 54.8 Å². The number of hydrogen-bond acceptors (Lipinski definition) is 2. The summed E-state index contributed by atoms with van der Waals surface area (Å²) >= 11 is 0. The molecule has 2 N–H and O–H groups in total. The fraction of sp³-hybridized carbons (Fsp3) is 0.269. The van der Waals surface area contributed by atoms with Gasteiger partial charge in [0.15, 0.2) is 0 Å². The van der Waals surface area contributed by atoms with E-state index in [-0.39, 0.29) is 5.91 Å². The Hall–Kier alpha value is -3.07. The van der Waals surface area contributed by atoms with Gasteiger partial charge in [-0.1, -0.05) is 62.7 Å². The van der Waals surface area contributed by atoms with Crippen molar-refractivity contribution in [3.63, 3.8) is 0 Å². The van der Waals surface area contributed by atoms with E-state index in [1.807, 2.05) is 42.5 Å². The van der Waals surface area contributed by atoms with E-state index < -0.39 is 0 Å². The smallest absolute Gasteiger partial charge is 0.255 e. The minimum absolute atomic E-state index is 0.0814. The molecular formula is C26H30N2O. The molecule has 3 nitrogen and oxygen atoms in total. The molecule has 0 aliphatic rings. The molecule has 150 valence electrons. The van der Waals surface area contributed by atoms with Gasteiger partial charge in [0.05, 0.1) is 0 Å². The molecule has 0 saturated heterocycles. The van der Waals surface area contributed by atoms with Crippen LogP contribution in [0.25, 0.3) is 0 Å². The van der Waals surface area contributed by atoms with Gasteiger partial charge in [-0.2, -0.15) is 0 Å². The molecule has 0 radical (unpaired) electrons. The molecule has 0 atom stereocenters. The average molecular weight is 387 g/mol. The number of hydrogen-bond donors (Lipinski definition) is 2. The standard InChI is InChI=1S/C26H30N2O/c1-3-5-9-20-14-16-24(17-15-20)28-26(29)23-12-8-10-21(18-23)19-27-25-13-7-6-11-22(25)4-2/h6-8,10-18,27H,3-5,9,19H2,1-2H3,(H,28,29). The molecule has 0 aliphatic heterocycles. The number of carbonyl (C=O) groups excluding carboxylic acids is 1. The molecule has 1 amide bonds. The number of carbonyl (C=O) groups is 1. The Kier molecular flexibility index (Phi) is 7.46. The van der Waals surface area contributed by atoms with E-state index in [0.29, 0.717) is 12.1 Å². The van der Waals surface area contributed by atoms with Gasteiger partial charge in [-0.3, -0.25) is 4.79 Å². The normalized spacial score (nSPS) is 10.6. The molecule has 3 aromatic carbocycles. The van der Waals surface area contributed by atoms with Gasteiger partial charge < -0.3 is 10.6 Å². The third kappa shape index (κ3) is 5.95. The second-order valence-corrected chi connectivity index (χ2v) is 7.32. The molecule has 0 unspecified atom stereocenters. The number of benzene rings is 3. The highest BCUT2D eigenvalue weighted by Gasteiger charge is 2.08. The SMILES string of the molecule is CCCCc1ccc(NC(=O)c2cccc(CNc3ccccc3CC)c2)cc1. The second-order valence-electron chi connectivity index (χ2n) is 7.32. The van der Waals surface area contributed by atoms with Crippen LogP contribution < -0.4 is 10.6 Å². The Bertz CT molecular complexity index is 931.